The van der Waals surface area contributed by atoms with Gasteiger partial charge < -0.3 is 9.88 Å². The van der Waals surface area contributed by atoms with Crippen LogP contribution in [-0.4, -0.2) is 40.0 Å². The van der Waals surface area contributed by atoms with E-state index in [0.717, 1.165) is 31.5 Å². The molecule has 128 valence electrons. The number of halogens is 1. The molecule has 0 spiro atoms. The summed E-state index contributed by atoms with van der Waals surface area (Å²) in [5.74, 6) is -0.423. The molecule has 0 radical (unpaired) electrons. The number of rotatable bonds is 5. The highest BCUT2D eigenvalue weighted by Gasteiger charge is 2.23. The summed E-state index contributed by atoms with van der Waals surface area (Å²) in [4.78, 5) is 18.7. The Labute approximate surface area is 141 Å². The second kappa shape index (κ2) is 7.57. The Bertz CT molecular complexity index is 677. The highest BCUT2D eigenvalue weighted by Crippen LogP contribution is 2.24. The van der Waals surface area contributed by atoms with Gasteiger partial charge in [0.25, 0.3) is 5.91 Å². The fraction of sp³-hybridized carbons (Fsp3) is 0.444. The van der Waals surface area contributed by atoms with Gasteiger partial charge in [-0.2, -0.15) is 0 Å². The summed E-state index contributed by atoms with van der Waals surface area (Å²) >= 11 is 0. The molecule has 1 aromatic heterocycles. The number of piperidine rings is 1. The average molecular weight is 330 g/mol. The Morgan fingerprint density at radius 3 is 2.58 bits per heavy atom. The van der Waals surface area contributed by atoms with Gasteiger partial charge in [0.2, 0.25) is 0 Å². The molecule has 1 aromatic carbocycles. The van der Waals surface area contributed by atoms with Gasteiger partial charge >= 0.3 is 0 Å². The maximum atomic E-state index is 13.2. The van der Waals surface area contributed by atoms with E-state index >= 15 is 0 Å². The third-order valence-electron chi connectivity index (χ3n) is 4.48. The fourth-order valence-electron chi connectivity index (χ4n) is 3.18. The van der Waals surface area contributed by atoms with E-state index in [1.165, 1.54) is 18.6 Å². The number of nitrogens with one attached hydrogen (secondary N) is 1. The molecule has 2 heterocycles. The van der Waals surface area contributed by atoms with Crippen molar-refractivity contribution < 1.29 is 9.18 Å². The number of likely N-dealkylation sites (tertiary alicyclic amines) is 1. The summed E-state index contributed by atoms with van der Waals surface area (Å²) < 4.78 is 15.0. The van der Waals surface area contributed by atoms with E-state index in [0.29, 0.717) is 12.2 Å². The van der Waals surface area contributed by atoms with Crippen molar-refractivity contribution in [3.8, 4) is 0 Å². The van der Waals surface area contributed by atoms with Crippen LogP contribution < -0.4 is 5.32 Å². The van der Waals surface area contributed by atoms with E-state index < -0.39 is 0 Å². The first kappa shape index (κ1) is 16.6. The Morgan fingerprint density at radius 1 is 1.25 bits per heavy atom. The standard InChI is InChI=1S/C18H23FN4O/c1-22-12-16(21-13-22)18(24)20-11-17(23-9-3-2-4-10-23)14-5-7-15(19)8-6-14/h5-8,12-13,17H,2-4,9-11H2,1H3,(H,20,24). The molecule has 1 atom stereocenters. The normalized spacial score (nSPS) is 16.8. The molecule has 1 fully saturated rings. The predicted molar refractivity (Wildman–Crippen MR) is 90.1 cm³/mol. The molecule has 2 aromatic rings. The minimum Gasteiger partial charge on any atom is -0.349 e. The maximum absolute atomic E-state index is 13.2. The topological polar surface area (TPSA) is 50.2 Å². The Kier molecular flexibility index (Phi) is 5.25. The van der Waals surface area contributed by atoms with Crippen LogP contribution in [0.2, 0.25) is 0 Å². The summed E-state index contributed by atoms with van der Waals surface area (Å²) in [6, 6.07) is 6.63. The summed E-state index contributed by atoms with van der Waals surface area (Å²) in [6.07, 6.45) is 6.87. The van der Waals surface area contributed by atoms with Crippen LogP contribution in [-0.2, 0) is 7.05 Å². The molecule has 3 rings (SSSR count). The van der Waals surface area contributed by atoms with Crippen molar-refractivity contribution in [2.75, 3.05) is 19.6 Å². The lowest BCUT2D eigenvalue weighted by molar-refractivity contribution is 0.0920. The molecule has 1 aliphatic rings. The Morgan fingerprint density at radius 2 is 1.96 bits per heavy atom. The van der Waals surface area contributed by atoms with E-state index in [2.05, 4.69) is 15.2 Å². The lowest BCUT2D eigenvalue weighted by atomic mass is 10.0. The van der Waals surface area contributed by atoms with Crippen LogP contribution in [0.25, 0.3) is 0 Å². The number of aryl methyl sites for hydroxylation is 1. The number of carbonyl (C=O) groups is 1. The molecule has 1 aliphatic heterocycles. The fourth-order valence-corrected chi connectivity index (χ4v) is 3.18. The smallest absolute Gasteiger partial charge is 0.271 e. The number of hydrogen-bond acceptors (Lipinski definition) is 3. The molecule has 24 heavy (non-hydrogen) atoms. The Hall–Kier alpha value is -2.21. The first-order valence-electron chi connectivity index (χ1n) is 8.39. The van der Waals surface area contributed by atoms with Gasteiger partial charge in [-0.15, -0.1) is 0 Å². The zero-order valence-corrected chi connectivity index (χ0v) is 13.9. The third kappa shape index (κ3) is 4.00. The average Bonchev–Trinajstić information content (AvgIpc) is 3.04. The van der Waals surface area contributed by atoms with E-state index in [9.17, 15) is 9.18 Å². The number of nitrogens with zero attached hydrogens (tertiary/aromatic N) is 3. The third-order valence-corrected chi connectivity index (χ3v) is 4.48. The number of aromatic nitrogens is 2. The summed E-state index contributed by atoms with van der Waals surface area (Å²) in [5, 5.41) is 2.97. The summed E-state index contributed by atoms with van der Waals surface area (Å²) in [5.41, 5.74) is 1.44. The first-order valence-corrected chi connectivity index (χ1v) is 8.39. The van der Waals surface area contributed by atoms with Crippen LogP contribution in [0.1, 0.15) is 41.4 Å². The zero-order chi connectivity index (χ0) is 16.9. The molecule has 0 bridgehead atoms. The van der Waals surface area contributed by atoms with Crippen molar-refractivity contribution in [3.05, 3.63) is 53.9 Å². The largest absolute Gasteiger partial charge is 0.349 e. The molecule has 1 N–H and O–H groups in total. The van der Waals surface area contributed by atoms with Gasteiger partial charge in [-0.1, -0.05) is 18.6 Å². The molecule has 0 saturated carbocycles. The maximum Gasteiger partial charge on any atom is 0.271 e. The second-order valence-corrected chi connectivity index (χ2v) is 6.30. The van der Waals surface area contributed by atoms with Gasteiger partial charge in [0, 0.05) is 19.8 Å². The monoisotopic (exact) mass is 330 g/mol. The molecule has 1 amide bonds. The van der Waals surface area contributed by atoms with Crippen LogP contribution in [0.5, 0.6) is 0 Å². The van der Waals surface area contributed by atoms with Crippen LogP contribution >= 0.6 is 0 Å². The van der Waals surface area contributed by atoms with Crippen molar-refractivity contribution in [2.45, 2.75) is 25.3 Å². The van der Waals surface area contributed by atoms with Gasteiger partial charge in [-0.3, -0.25) is 9.69 Å². The molecule has 6 heteroatoms. The van der Waals surface area contributed by atoms with Crippen molar-refractivity contribution in [1.29, 1.82) is 0 Å². The second-order valence-electron chi connectivity index (χ2n) is 6.30. The van der Waals surface area contributed by atoms with E-state index in [-0.39, 0.29) is 17.8 Å². The van der Waals surface area contributed by atoms with Crippen LogP contribution in [0.4, 0.5) is 4.39 Å². The number of benzene rings is 1. The number of imidazole rings is 1. The van der Waals surface area contributed by atoms with Crippen LogP contribution in [0, 0.1) is 5.82 Å². The molecule has 5 nitrogen and oxygen atoms in total. The van der Waals surface area contributed by atoms with E-state index in [1.807, 2.05) is 19.2 Å². The Balaban J connectivity index is 1.71. The number of hydrogen-bond donors (Lipinski definition) is 1. The SMILES string of the molecule is Cn1cnc(C(=O)NCC(c2ccc(F)cc2)N2CCCCC2)c1. The van der Waals surface area contributed by atoms with Crippen molar-refractivity contribution in [3.63, 3.8) is 0 Å². The van der Waals surface area contributed by atoms with Crippen molar-refractivity contribution in [1.82, 2.24) is 19.8 Å². The molecule has 1 saturated heterocycles. The van der Waals surface area contributed by atoms with Gasteiger partial charge in [-0.25, -0.2) is 9.37 Å². The van der Waals surface area contributed by atoms with E-state index in [1.54, 1.807) is 17.1 Å². The summed E-state index contributed by atoms with van der Waals surface area (Å²) in [6.45, 7) is 2.49. The first-order chi connectivity index (χ1) is 11.6. The minimum atomic E-state index is -0.242. The van der Waals surface area contributed by atoms with Gasteiger partial charge in [-0.05, 0) is 43.6 Å². The molecular formula is C18H23FN4O. The van der Waals surface area contributed by atoms with Crippen molar-refractivity contribution in [2.24, 2.45) is 7.05 Å². The predicted octanol–water partition coefficient (Wildman–Crippen LogP) is 2.52. The summed E-state index contributed by atoms with van der Waals surface area (Å²) in [7, 11) is 1.83. The number of carbonyl (C=O) groups excluding carboxylic acids is 1. The highest BCUT2D eigenvalue weighted by molar-refractivity contribution is 5.92. The molecule has 0 aliphatic carbocycles. The highest BCUT2D eigenvalue weighted by atomic mass is 19.1. The quantitative estimate of drug-likeness (QED) is 0.916. The molecular weight excluding hydrogens is 307 g/mol. The van der Waals surface area contributed by atoms with Crippen molar-refractivity contribution >= 4 is 5.91 Å². The minimum absolute atomic E-state index is 0.0542. The number of amides is 1. The lowest BCUT2D eigenvalue weighted by Gasteiger charge is -2.35. The zero-order valence-electron chi connectivity index (χ0n) is 13.9. The van der Waals surface area contributed by atoms with Gasteiger partial charge in [0.1, 0.15) is 11.5 Å². The van der Waals surface area contributed by atoms with E-state index in [4.69, 9.17) is 0 Å². The van der Waals surface area contributed by atoms with Gasteiger partial charge in [0.15, 0.2) is 0 Å². The lowest BCUT2D eigenvalue weighted by Crippen LogP contribution is -2.40. The van der Waals surface area contributed by atoms with Gasteiger partial charge in [0.05, 0.1) is 12.4 Å². The van der Waals surface area contributed by atoms with Crippen LogP contribution in [0.3, 0.4) is 0 Å². The van der Waals surface area contributed by atoms with Crippen LogP contribution in [0.15, 0.2) is 36.8 Å². The molecule has 1 unspecified atom stereocenters.